The third kappa shape index (κ3) is 68.4. The van der Waals surface area contributed by atoms with Crippen LogP contribution in [0.2, 0.25) is 0 Å². The Bertz CT molecular complexity index is 1770. The fourth-order valence-electron chi connectivity index (χ4n) is 11.4. The van der Waals surface area contributed by atoms with Gasteiger partial charge in [-0.15, -0.1) is 0 Å². The zero-order chi connectivity index (χ0) is 68.2. The lowest BCUT2D eigenvalue weighted by molar-refractivity contribution is -0.161. The van der Waals surface area contributed by atoms with Gasteiger partial charge in [0.15, 0.2) is 12.2 Å². The second kappa shape index (κ2) is 68.6. The van der Waals surface area contributed by atoms with E-state index in [1.165, 1.54) is 212 Å². The molecule has 0 heterocycles. The van der Waals surface area contributed by atoms with Crippen LogP contribution < -0.4 is 0 Å². The first-order chi connectivity index (χ1) is 45.2. The molecule has 0 saturated heterocycles. The SMILES string of the molecule is CCCCCCCCCCCCCCCCCCCCCC(=O)O[C@H](COC(=O)CCCCCCCCCCCCCCCCCC)COP(=O)(O)OC[C@@H](O)COP(=O)(O)OC[C@@H](COC(=O)CCCCCCCCC)OC(=O)CCCCCCCCCCCCC. The van der Waals surface area contributed by atoms with E-state index in [9.17, 15) is 43.2 Å². The fourth-order valence-corrected chi connectivity index (χ4v) is 13.0. The van der Waals surface area contributed by atoms with E-state index in [4.69, 9.17) is 37.0 Å². The monoisotopic (exact) mass is 1370 g/mol. The maximum atomic E-state index is 13.1. The van der Waals surface area contributed by atoms with Crippen LogP contribution in [0.15, 0.2) is 0 Å². The van der Waals surface area contributed by atoms with E-state index < -0.39 is 97.5 Å². The van der Waals surface area contributed by atoms with Crippen LogP contribution in [0.1, 0.15) is 394 Å². The van der Waals surface area contributed by atoms with Gasteiger partial charge in [-0.3, -0.25) is 37.3 Å². The molecule has 0 saturated carbocycles. The number of ether oxygens (including phenoxy) is 4. The highest BCUT2D eigenvalue weighted by atomic mass is 31.2. The summed E-state index contributed by atoms with van der Waals surface area (Å²) in [5, 5.41) is 10.6. The van der Waals surface area contributed by atoms with Gasteiger partial charge in [-0.25, -0.2) is 9.13 Å². The minimum Gasteiger partial charge on any atom is -0.462 e. The predicted octanol–water partition coefficient (Wildman–Crippen LogP) is 21.8. The van der Waals surface area contributed by atoms with Gasteiger partial charge in [0.25, 0.3) is 0 Å². The Morgan fingerprint density at radius 3 is 0.634 bits per heavy atom. The molecule has 0 rings (SSSR count). The number of carbonyl (C=O) groups excluding carboxylic acids is 4. The van der Waals surface area contributed by atoms with E-state index in [-0.39, 0.29) is 25.7 Å². The summed E-state index contributed by atoms with van der Waals surface area (Å²) in [6.07, 6.45) is 58.4. The molecular formula is C74H144O17P2. The molecule has 0 aromatic rings. The molecular weight excluding hydrogens is 1220 g/mol. The predicted molar refractivity (Wildman–Crippen MR) is 377 cm³/mol. The van der Waals surface area contributed by atoms with Gasteiger partial charge in [0.2, 0.25) is 0 Å². The van der Waals surface area contributed by atoms with E-state index in [2.05, 4.69) is 27.7 Å². The standard InChI is InChI=1S/C74H144O17P2/c1-5-9-13-17-21-24-27-29-31-33-34-35-37-39-42-45-49-53-57-61-74(79)91-70(65-85-72(77)59-55-51-47-43-41-38-36-32-30-28-25-22-18-14-10-6-2)67-89-93(82,83)87-63-68(75)62-86-92(80,81)88-66-69(64-84-71(76)58-54-50-46-20-16-12-8-4)90-73(78)60-56-52-48-44-40-26-23-19-15-11-7-3/h68-70,75H,5-67H2,1-4H3,(H,80,81)(H,82,83)/t68-,69+,70+/m0/s1. The van der Waals surface area contributed by atoms with Crippen LogP contribution in [0.5, 0.6) is 0 Å². The summed E-state index contributed by atoms with van der Waals surface area (Å²) in [5.74, 6) is -2.12. The van der Waals surface area contributed by atoms with Crippen LogP contribution in [0.4, 0.5) is 0 Å². The Hall–Kier alpha value is -1.94. The average Bonchev–Trinajstić information content (AvgIpc) is 2.71. The van der Waals surface area contributed by atoms with Gasteiger partial charge in [0.05, 0.1) is 26.4 Å². The molecule has 0 amide bonds. The molecule has 3 N–H and O–H groups in total. The summed E-state index contributed by atoms with van der Waals surface area (Å²) in [6, 6.07) is 0. The topological polar surface area (TPSA) is 237 Å². The number of phosphoric acid groups is 2. The highest BCUT2D eigenvalue weighted by Crippen LogP contribution is 2.45. The molecule has 0 aliphatic carbocycles. The number of esters is 4. The lowest BCUT2D eigenvalue weighted by atomic mass is 10.0. The quantitative estimate of drug-likeness (QED) is 0.0222. The average molecular weight is 1370 g/mol. The highest BCUT2D eigenvalue weighted by Gasteiger charge is 2.30. The van der Waals surface area contributed by atoms with E-state index in [1.54, 1.807) is 0 Å². The first-order valence-corrected chi connectivity index (χ1v) is 41.8. The number of hydrogen-bond acceptors (Lipinski definition) is 15. The first-order valence-electron chi connectivity index (χ1n) is 38.8. The Morgan fingerprint density at radius 1 is 0.258 bits per heavy atom. The second-order valence-corrected chi connectivity index (χ2v) is 29.6. The van der Waals surface area contributed by atoms with Crippen molar-refractivity contribution in [3.05, 3.63) is 0 Å². The summed E-state index contributed by atoms with van der Waals surface area (Å²) in [6.45, 7) is 4.93. The molecule has 5 atom stereocenters. The van der Waals surface area contributed by atoms with Gasteiger partial charge in [-0.2, -0.15) is 0 Å². The van der Waals surface area contributed by atoms with Crippen molar-refractivity contribution in [3.8, 4) is 0 Å². The van der Waals surface area contributed by atoms with E-state index in [1.807, 2.05) is 0 Å². The minimum absolute atomic E-state index is 0.107. The van der Waals surface area contributed by atoms with Crippen molar-refractivity contribution in [1.82, 2.24) is 0 Å². The van der Waals surface area contributed by atoms with Crippen molar-refractivity contribution >= 4 is 39.5 Å². The molecule has 0 aliphatic heterocycles. The summed E-state index contributed by atoms with van der Waals surface area (Å²) in [4.78, 5) is 72.6. The molecule has 0 bridgehead atoms. The molecule has 0 radical (unpaired) electrons. The maximum absolute atomic E-state index is 13.1. The van der Waals surface area contributed by atoms with Crippen LogP contribution >= 0.6 is 15.6 Å². The molecule has 0 aromatic heterocycles. The lowest BCUT2D eigenvalue weighted by Gasteiger charge is -2.21. The number of phosphoric ester groups is 2. The Balaban J connectivity index is 5.17. The van der Waals surface area contributed by atoms with Crippen LogP contribution in [-0.2, 0) is 65.4 Å². The number of carbonyl (C=O) groups is 4. The molecule has 93 heavy (non-hydrogen) atoms. The highest BCUT2D eigenvalue weighted by molar-refractivity contribution is 7.47. The Kier molecular flexibility index (Phi) is 67.1. The van der Waals surface area contributed by atoms with Crippen molar-refractivity contribution in [3.63, 3.8) is 0 Å². The van der Waals surface area contributed by atoms with Crippen LogP contribution in [0, 0.1) is 0 Å². The molecule has 17 nitrogen and oxygen atoms in total. The lowest BCUT2D eigenvalue weighted by Crippen LogP contribution is -2.30. The number of rotatable bonds is 75. The zero-order valence-corrected chi connectivity index (χ0v) is 62.0. The molecule has 0 aliphatic rings. The fraction of sp³-hybridized carbons (Fsp3) is 0.946. The van der Waals surface area contributed by atoms with Crippen LogP contribution in [-0.4, -0.2) is 96.7 Å². The molecule has 552 valence electrons. The van der Waals surface area contributed by atoms with Gasteiger partial charge in [-0.1, -0.05) is 342 Å². The van der Waals surface area contributed by atoms with Crippen molar-refractivity contribution in [2.75, 3.05) is 39.6 Å². The molecule has 19 heteroatoms. The molecule has 2 unspecified atom stereocenters. The number of unbranched alkanes of at least 4 members (excludes halogenated alkanes) is 49. The number of hydrogen-bond donors (Lipinski definition) is 3. The van der Waals surface area contributed by atoms with Gasteiger partial charge >= 0.3 is 39.5 Å². The Labute approximate surface area is 568 Å². The van der Waals surface area contributed by atoms with E-state index in [0.717, 1.165) is 103 Å². The number of aliphatic hydroxyl groups is 1. The van der Waals surface area contributed by atoms with Crippen molar-refractivity contribution < 1.29 is 80.2 Å². The molecule has 0 aromatic carbocycles. The zero-order valence-electron chi connectivity index (χ0n) is 60.2. The summed E-state index contributed by atoms with van der Waals surface area (Å²) in [7, 11) is -9.90. The third-order valence-corrected chi connectivity index (χ3v) is 19.3. The van der Waals surface area contributed by atoms with Crippen molar-refractivity contribution in [1.29, 1.82) is 0 Å². The third-order valence-electron chi connectivity index (χ3n) is 17.4. The van der Waals surface area contributed by atoms with Gasteiger partial charge < -0.3 is 33.8 Å². The second-order valence-electron chi connectivity index (χ2n) is 26.7. The number of aliphatic hydroxyl groups excluding tert-OH is 1. The minimum atomic E-state index is -4.95. The maximum Gasteiger partial charge on any atom is 0.472 e. The summed E-state index contributed by atoms with van der Waals surface area (Å²) < 4.78 is 68.3. The largest absolute Gasteiger partial charge is 0.472 e. The first kappa shape index (κ1) is 91.1. The van der Waals surface area contributed by atoms with Gasteiger partial charge in [0.1, 0.15) is 19.3 Å². The van der Waals surface area contributed by atoms with E-state index >= 15 is 0 Å². The smallest absolute Gasteiger partial charge is 0.462 e. The van der Waals surface area contributed by atoms with Crippen molar-refractivity contribution in [2.45, 2.75) is 412 Å². The van der Waals surface area contributed by atoms with Crippen LogP contribution in [0.25, 0.3) is 0 Å². The van der Waals surface area contributed by atoms with E-state index in [0.29, 0.717) is 25.7 Å². The van der Waals surface area contributed by atoms with Gasteiger partial charge in [0, 0.05) is 25.7 Å². The van der Waals surface area contributed by atoms with Crippen LogP contribution in [0.3, 0.4) is 0 Å². The summed E-state index contributed by atoms with van der Waals surface area (Å²) in [5.41, 5.74) is 0. The van der Waals surface area contributed by atoms with Gasteiger partial charge in [-0.05, 0) is 25.7 Å². The summed E-state index contributed by atoms with van der Waals surface area (Å²) >= 11 is 0. The molecule has 0 spiro atoms. The normalized spacial score (nSPS) is 13.9. The molecule has 0 fully saturated rings. The Morgan fingerprint density at radius 2 is 0.430 bits per heavy atom. The van der Waals surface area contributed by atoms with Crippen molar-refractivity contribution in [2.24, 2.45) is 0 Å².